The van der Waals surface area contributed by atoms with Crippen molar-refractivity contribution in [2.75, 3.05) is 19.7 Å². The van der Waals surface area contributed by atoms with Gasteiger partial charge in [0.2, 0.25) is 5.01 Å². The number of carbonyl (C=O) groups is 1. The van der Waals surface area contributed by atoms with E-state index in [0.29, 0.717) is 42.3 Å². The fourth-order valence-corrected chi connectivity index (χ4v) is 6.54. The van der Waals surface area contributed by atoms with Gasteiger partial charge < -0.3 is 23.9 Å². The van der Waals surface area contributed by atoms with Crippen LogP contribution in [0, 0.1) is 12.7 Å². The normalized spacial score (nSPS) is 22.1. The molecular formula is C30H29FN4O5S. The summed E-state index contributed by atoms with van der Waals surface area (Å²) in [6.07, 6.45) is 4.06. The summed E-state index contributed by atoms with van der Waals surface area (Å²) in [6.45, 7) is 7.10. The Labute approximate surface area is 239 Å². The number of halogens is 1. The van der Waals surface area contributed by atoms with Crippen LogP contribution in [0.25, 0.3) is 16.1 Å². The van der Waals surface area contributed by atoms with Crippen LogP contribution < -0.4 is 9.47 Å². The third-order valence-electron chi connectivity index (χ3n) is 7.94. The van der Waals surface area contributed by atoms with E-state index >= 15 is 0 Å². The Bertz CT molecular complexity index is 1710. The zero-order chi connectivity index (χ0) is 28.3. The minimum atomic E-state index is -1.25. The number of thiazole rings is 1. The molecule has 5 heterocycles. The lowest BCUT2D eigenvalue weighted by atomic mass is 9.98. The zero-order valence-electron chi connectivity index (χ0n) is 22.7. The van der Waals surface area contributed by atoms with Crippen LogP contribution in [0.2, 0.25) is 0 Å². The Kier molecular flexibility index (Phi) is 6.33. The molecule has 212 valence electrons. The van der Waals surface area contributed by atoms with Crippen molar-refractivity contribution in [3.63, 3.8) is 0 Å². The van der Waals surface area contributed by atoms with Crippen LogP contribution in [0.5, 0.6) is 11.5 Å². The topological polar surface area (TPSA) is 98.9 Å². The number of para-hydroxylation sites is 1. The number of aromatic carboxylic acids is 1. The molecule has 1 saturated heterocycles. The van der Waals surface area contributed by atoms with E-state index in [-0.39, 0.29) is 16.9 Å². The Morgan fingerprint density at radius 2 is 2.10 bits per heavy atom. The third-order valence-corrected chi connectivity index (χ3v) is 9.00. The Morgan fingerprint density at radius 3 is 2.80 bits per heavy atom. The van der Waals surface area contributed by atoms with Crippen LogP contribution in [0.3, 0.4) is 0 Å². The molecule has 0 saturated carbocycles. The highest BCUT2D eigenvalue weighted by Crippen LogP contribution is 2.49. The number of imidazole rings is 1. The fourth-order valence-electron chi connectivity index (χ4n) is 5.66. The Hall–Kier alpha value is -3.80. The smallest absolute Gasteiger partial charge is 0.365 e. The molecule has 3 aliphatic rings. The van der Waals surface area contributed by atoms with Crippen LogP contribution >= 0.6 is 11.3 Å². The standard InChI is InChI=1S/C30H29FN4O5S/c1-17-6-7-21(22(31)14-17)30(2)39-23-5-3-4-20(25(23)40-30)18-8-11-34(12-9-18)16-24-32-26-28(41-27(33-26)29(36)37)35(24)15-19-10-13-38-19/h3-8,14,19H,9-13,15-16H2,1-2H3,(H,36,37)/t19-,30-/m0/s1. The number of aryl methyl sites for hydroxylation is 1. The van der Waals surface area contributed by atoms with Crippen LogP contribution in [0.4, 0.5) is 4.39 Å². The molecule has 0 aliphatic carbocycles. The van der Waals surface area contributed by atoms with Crippen molar-refractivity contribution in [2.45, 2.75) is 51.7 Å². The number of carboxylic acids is 1. The predicted octanol–water partition coefficient (Wildman–Crippen LogP) is 5.36. The van der Waals surface area contributed by atoms with Gasteiger partial charge in [-0.1, -0.05) is 35.6 Å². The van der Waals surface area contributed by atoms with Crippen molar-refractivity contribution in [3.8, 4) is 11.5 Å². The second kappa shape index (κ2) is 9.93. The highest BCUT2D eigenvalue weighted by atomic mass is 32.1. The van der Waals surface area contributed by atoms with Gasteiger partial charge in [-0.2, -0.15) is 0 Å². The molecule has 1 fully saturated rings. The van der Waals surface area contributed by atoms with E-state index in [1.165, 1.54) is 6.07 Å². The van der Waals surface area contributed by atoms with Crippen LogP contribution in [0.1, 0.15) is 52.1 Å². The first-order valence-electron chi connectivity index (χ1n) is 13.7. The molecule has 3 aliphatic heterocycles. The van der Waals surface area contributed by atoms with Crippen LogP contribution in [-0.2, 0) is 23.6 Å². The number of aromatic nitrogens is 3. The number of fused-ring (bicyclic) bond motifs is 2. The molecule has 0 unspecified atom stereocenters. The van der Waals surface area contributed by atoms with Gasteiger partial charge in [-0.25, -0.2) is 19.2 Å². The summed E-state index contributed by atoms with van der Waals surface area (Å²) in [5.41, 5.74) is 3.77. The Morgan fingerprint density at radius 1 is 1.24 bits per heavy atom. The summed E-state index contributed by atoms with van der Waals surface area (Å²) >= 11 is 1.15. The van der Waals surface area contributed by atoms with Gasteiger partial charge in [0.1, 0.15) is 16.5 Å². The first kappa shape index (κ1) is 26.1. The number of hydrogen-bond donors (Lipinski definition) is 1. The molecule has 0 radical (unpaired) electrons. The summed E-state index contributed by atoms with van der Waals surface area (Å²) in [5, 5.41) is 9.44. The van der Waals surface area contributed by atoms with Gasteiger partial charge in [0.25, 0.3) is 5.79 Å². The molecule has 2 atom stereocenters. The molecule has 0 amide bonds. The minimum Gasteiger partial charge on any atom is -0.476 e. The monoisotopic (exact) mass is 576 g/mol. The van der Waals surface area contributed by atoms with Gasteiger partial charge in [0, 0.05) is 32.2 Å². The second-order valence-corrected chi connectivity index (χ2v) is 11.8. The van der Waals surface area contributed by atoms with Crippen molar-refractivity contribution in [1.82, 2.24) is 19.4 Å². The highest BCUT2D eigenvalue weighted by Gasteiger charge is 2.42. The quantitative estimate of drug-likeness (QED) is 0.314. The van der Waals surface area contributed by atoms with Gasteiger partial charge in [0.15, 0.2) is 17.1 Å². The maximum absolute atomic E-state index is 14.9. The van der Waals surface area contributed by atoms with E-state index in [0.717, 1.165) is 64.7 Å². The average molecular weight is 577 g/mol. The van der Waals surface area contributed by atoms with Gasteiger partial charge in [-0.3, -0.25) is 4.90 Å². The average Bonchev–Trinajstić information content (AvgIpc) is 3.57. The largest absolute Gasteiger partial charge is 0.476 e. The van der Waals surface area contributed by atoms with E-state index in [9.17, 15) is 14.3 Å². The number of benzene rings is 2. The molecule has 2 aromatic heterocycles. The van der Waals surface area contributed by atoms with Crippen LogP contribution in [0.15, 0.2) is 42.5 Å². The van der Waals surface area contributed by atoms with Crippen molar-refractivity contribution >= 4 is 33.4 Å². The van der Waals surface area contributed by atoms with E-state index in [1.54, 1.807) is 13.0 Å². The number of rotatable bonds is 7. The Balaban J connectivity index is 1.11. The second-order valence-electron chi connectivity index (χ2n) is 10.9. The van der Waals surface area contributed by atoms with Crippen molar-refractivity contribution in [2.24, 2.45) is 0 Å². The number of carboxylic acid groups (broad SMARTS) is 1. The predicted molar refractivity (Wildman–Crippen MR) is 151 cm³/mol. The lowest BCUT2D eigenvalue weighted by molar-refractivity contribution is -0.0708. The summed E-state index contributed by atoms with van der Waals surface area (Å²) in [6, 6.07) is 10.9. The lowest BCUT2D eigenvalue weighted by Gasteiger charge is -2.29. The SMILES string of the molecule is Cc1ccc([C@@]2(C)Oc3cccc(C4=CCN(Cc5nc6nc(C(=O)O)sc6n5C[C@@H]5CCO5)CC4)c3O2)c(F)c1. The fraction of sp³-hybridized carbons (Fsp3) is 0.367. The zero-order valence-corrected chi connectivity index (χ0v) is 23.5. The lowest BCUT2D eigenvalue weighted by Crippen LogP contribution is -2.33. The summed E-state index contributed by atoms with van der Waals surface area (Å²) < 4.78 is 35.1. The van der Waals surface area contributed by atoms with Gasteiger partial charge >= 0.3 is 5.97 Å². The highest BCUT2D eigenvalue weighted by molar-refractivity contribution is 7.19. The van der Waals surface area contributed by atoms with Gasteiger partial charge in [0.05, 0.1) is 24.8 Å². The van der Waals surface area contributed by atoms with E-state index in [4.69, 9.17) is 19.2 Å². The first-order chi connectivity index (χ1) is 19.8. The van der Waals surface area contributed by atoms with Gasteiger partial charge in [-0.05, 0) is 49.1 Å². The van der Waals surface area contributed by atoms with Crippen molar-refractivity contribution in [1.29, 1.82) is 0 Å². The first-order valence-corrected chi connectivity index (χ1v) is 14.5. The molecule has 4 aromatic rings. The third kappa shape index (κ3) is 4.67. The van der Waals surface area contributed by atoms with E-state index in [2.05, 4.69) is 20.5 Å². The molecule has 0 bridgehead atoms. The summed E-state index contributed by atoms with van der Waals surface area (Å²) in [5.74, 6) is -0.559. The minimum absolute atomic E-state index is 0.0469. The molecule has 1 N–H and O–H groups in total. The number of ether oxygens (including phenoxy) is 3. The maximum atomic E-state index is 14.9. The van der Waals surface area contributed by atoms with Crippen molar-refractivity contribution < 1.29 is 28.5 Å². The molecule has 7 rings (SSSR count). The van der Waals surface area contributed by atoms with Crippen LogP contribution in [-0.4, -0.2) is 56.3 Å². The molecule has 0 spiro atoms. The number of hydrogen-bond acceptors (Lipinski definition) is 8. The molecule has 9 nitrogen and oxygen atoms in total. The van der Waals surface area contributed by atoms with E-state index < -0.39 is 11.8 Å². The molecule has 11 heteroatoms. The summed E-state index contributed by atoms with van der Waals surface area (Å²) in [7, 11) is 0. The van der Waals surface area contributed by atoms with Gasteiger partial charge in [-0.15, -0.1) is 0 Å². The van der Waals surface area contributed by atoms with E-state index in [1.807, 2.05) is 31.2 Å². The molecular weight excluding hydrogens is 547 g/mol. The van der Waals surface area contributed by atoms with Crippen molar-refractivity contribution in [3.05, 3.63) is 75.8 Å². The number of nitrogens with zero attached hydrogens (tertiary/aromatic N) is 4. The molecule has 41 heavy (non-hydrogen) atoms. The molecule has 2 aromatic carbocycles. The maximum Gasteiger partial charge on any atom is 0.365 e. The summed E-state index contributed by atoms with van der Waals surface area (Å²) in [4.78, 5) is 23.5.